The molecule has 0 bridgehead atoms. The number of ether oxygens (including phenoxy) is 1. The van der Waals surface area contributed by atoms with Crippen molar-refractivity contribution in [3.63, 3.8) is 0 Å². The molecule has 0 aromatic carbocycles. The van der Waals surface area contributed by atoms with Gasteiger partial charge in [0.2, 0.25) is 5.88 Å². The molecule has 2 rings (SSSR count). The van der Waals surface area contributed by atoms with Crippen LogP contribution in [0.25, 0.3) is 0 Å². The molecular weight excluding hydrogens is 425 g/mol. The minimum Gasteiger partial charge on any atom is -0.474 e. The molecule has 1 aromatic rings. The molecular formula is C15H16ClF3N4O4S. The molecule has 13 heteroatoms. The van der Waals surface area contributed by atoms with Gasteiger partial charge in [-0.15, -0.1) is 0 Å². The first-order chi connectivity index (χ1) is 12.8. The number of primary amides is 1. The number of amides is 1. The van der Waals surface area contributed by atoms with E-state index in [2.05, 4.69) is 4.98 Å². The number of rotatable bonds is 7. The van der Waals surface area contributed by atoms with Crippen molar-refractivity contribution < 1.29 is 31.1 Å². The smallest absolute Gasteiger partial charge is 0.474 e. The fourth-order valence-corrected chi connectivity index (χ4v) is 4.79. The van der Waals surface area contributed by atoms with E-state index < -0.39 is 38.6 Å². The summed E-state index contributed by atoms with van der Waals surface area (Å²) in [6.45, 7) is 0.146. The standard InChI is InChI=1S/C15H16ClF3N4O4S/c1-13(16,9-27-12-10(11(21)24)4-2-7-22-12)23(14(8-20)5-3-6-14)28(25,26)15(17,18)19/h2,4,7H,3,5-6,9H2,1H3,(H2,21,24)/t13-/m1/s1. The number of carbonyl (C=O) groups excluding carboxylic acids is 1. The molecule has 1 atom stereocenters. The highest BCUT2D eigenvalue weighted by Crippen LogP contribution is 2.47. The topological polar surface area (TPSA) is 126 Å². The van der Waals surface area contributed by atoms with Crippen molar-refractivity contribution in [1.82, 2.24) is 9.29 Å². The zero-order valence-electron chi connectivity index (χ0n) is 14.5. The normalized spacial score (nSPS) is 18.6. The molecule has 1 heterocycles. The molecule has 1 aliphatic rings. The van der Waals surface area contributed by atoms with E-state index in [9.17, 15) is 31.6 Å². The maximum atomic E-state index is 13.3. The van der Waals surface area contributed by atoms with Crippen LogP contribution in [0.15, 0.2) is 18.3 Å². The van der Waals surface area contributed by atoms with Crippen LogP contribution < -0.4 is 10.5 Å². The lowest BCUT2D eigenvalue weighted by Gasteiger charge is -2.49. The third kappa shape index (κ3) is 3.87. The van der Waals surface area contributed by atoms with Gasteiger partial charge in [-0.05, 0) is 38.3 Å². The minimum absolute atomic E-state index is 0.0507. The third-order valence-corrected chi connectivity index (χ3v) is 6.44. The Hall–Kier alpha value is -2.10. The average molecular weight is 441 g/mol. The fourth-order valence-electron chi connectivity index (χ4n) is 2.85. The zero-order valence-corrected chi connectivity index (χ0v) is 16.1. The van der Waals surface area contributed by atoms with Crippen LogP contribution >= 0.6 is 11.6 Å². The monoisotopic (exact) mass is 440 g/mol. The summed E-state index contributed by atoms with van der Waals surface area (Å²) in [5.41, 5.74) is -2.62. The summed E-state index contributed by atoms with van der Waals surface area (Å²) in [7, 11) is -5.97. The second kappa shape index (κ2) is 7.38. The van der Waals surface area contributed by atoms with E-state index in [1.165, 1.54) is 18.3 Å². The van der Waals surface area contributed by atoms with E-state index in [1.807, 2.05) is 0 Å². The van der Waals surface area contributed by atoms with E-state index in [0.29, 0.717) is 6.42 Å². The van der Waals surface area contributed by atoms with Gasteiger partial charge in [0.15, 0.2) is 0 Å². The molecule has 1 aromatic heterocycles. The molecule has 8 nitrogen and oxygen atoms in total. The van der Waals surface area contributed by atoms with Gasteiger partial charge in [0, 0.05) is 6.20 Å². The van der Waals surface area contributed by atoms with Crippen LogP contribution in [0.4, 0.5) is 13.2 Å². The summed E-state index contributed by atoms with van der Waals surface area (Å²) < 4.78 is 69.4. The van der Waals surface area contributed by atoms with Gasteiger partial charge in [-0.2, -0.15) is 22.7 Å². The van der Waals surface area contributed by atoms with Crippen molar-refractivity contribution >= 4 is 27.5 Å². The number of nitriles is 1. The van der Waals surface area contributed by atoms with Gasteiger partial charge in [0.25, 0.3) is 5.91 Å². The summed E-state index contributed by atoms with van der Waals surface area (Å²) in [5.74, 6) is -1.24. The molecule has 0 saturated heterocycles. The predicted octanol–water partition coefficient (Wildman–Crippen LogP) is 2.11. The van der Waals surface area contributed by atoms with Gasteiger partial charge in [-0.25, -0.2) is 13.4 Å². The lowest BCUT2D eigenvalue weighted by atomic mass is 9.77. The van der Waals surface area contributed by atoms with Crippen molar-refractivity contribution in [2.45, 2.75) is 42.2 Å². The molecule has 0 unspecified atom stereocenters. The largest absolute Gasteiger partial charge is 0.511 e. The van der Waals surface area contributed by atoms with E-state index in [-0.39, 0.29) is 28.6 Å². The van der Waals surface area contributed by atoms with Crippen LogP contribution in [-0.4, -0.2) is 46.3 Å². The molecule has 2 N–H and O–H groups in total. The number of halogens is 4. The van der Waals surface area contributed by atoms with Crippen LogP contribution in [0.3, 0.4) is 0 Å². The second-order valence-electron chi connectivity index (χ2n) is 6.36. The van der Waals surface area contributed by atoms with Gasteiger partial charge in [-0.1, -0.05) is 11.6 Å². The maximum absolute atomic E-state index is 13.3. The number of hydrogen-bond donors (Lipinski definition) is 1. The number of pyridine rings is 1. The Morgan fingerprint density at radius 2 is 2.11 bits per heavy atom. The van der Waals surface area contributed by atoms with Crippen molar-refractivity contribution in [3.05, 3.63) is 23.9 Å². The first kappa shape index (κ1) is 22.2. The number of sulfonamides is 1. The Balaban J connectivity index is 2.43. The number of nitrogens with zero attached hydrogens (tertiary/aromatic N) is 3. The fraction of sp³-hybridized carbons (Fsp3) is 0.533. The second-order valence-corrected chi connectivity index (χ2v) is 8.96. The first-order valence-corrected chi connectivity index (χ1v) is 9.70. The van der Waals surface area contributed by atoms with E-state index in [0.717, 1.165) is 6.92 Å². The van der Waals surface area contributed by atoms with Crippen LogP contribution in [-0.2, 0) is 10.0 Å². The van der Waals surface area contributed by atoms with Crippen molar-refractivity contribution in [1.29, 1.82) is 5.26 Å². The molecule has 1 saturated carbocycles. The van der Waals surface area contributed by atoms with E-state index >= 15 is 0 Å². The molecule has 1 aliphatic carbocycles. The maximum Gasteiger partial charge on any atom is 0.511 e. The van der Waals surface area contributed by atoms with Crippen molar-refractivity contribution in [2.24, 2.45) is 5.73 Å². The molecule has 1 amide bonds. The highest BCUT2D eigenvalue weighted by molar-refractivity contribution is 7.90. The molecule has 154 valence electrons. The van der Waals surface area contributed by atoms with Crippen molar-refractivity contribution in [2.75, 3.05) is 6.61 Å². The van der Waals surface area contributed by atoms with Gasteiger partial charge < -0.3 is 10.5 Å². The summed E-state index contributed by atoms with van der Waals surface area (Å²) in [4.78, 5) is 12.8. The molecule has 1 fully saturated rings. The highest BCUT2D eigenvalue weighted by Gasteiger charge is 2.64. The number of aromatic nitrogens is 1. The van der Waals surface area contributed by atoms with Gasteiger partial charge in [0.1, 0.15) is 22.7 Å². The predicted molar refractivity (Wildman–Crippen MR) is 91.5 cm³/mol. The molecule has 0 radical (unpaired) electrons. The Morgan fingerprint density at radius 1 is 1.50 bits per heavy atom. The summed E-state index contributed by atoms with van der Waals surface area (Å²) in [6, 6.07) is 4.29. The lowest BCUT2D eigenvalue weighted by molar-refractivity contribution is -0.0585. The third-order valence-electron chi connectivity index (χ3n) is 4.24. The number of carbonyl (C=O) groups is 1. The summed E-state index contributed by atoms with van der Waals surface area (Å²) >= 11 is 6.18. The van der Waals surface area contributed by atoms with Gasteiger partial charge in [-0.3, -0.25) is 4.79 Å². The zero-order chi connectivity index (χ0) is 21.4. The Bertz CT molecular complexity index is 911. The molecule has 0 aliphatic heterocycles. The first-order valence-electron chi connectivity index (χ1n) is 7.88. The minimum atomic E-state index is -5.97. The van der Waals surface area contributed by atoms with E-state index in [4.69, 9.17) is 22.1 Å². The Labute approximate surface area is 164 Å². The average Bonchev–Trinajstić information content (AvgIpc) is 2.55. The quantitative estimate of drug-likeness (QED) is 0.511. The number of alkyl halides is 4. The summed E-state index contributed by atoms with van der Waals surface area (Å²) in [6.07, 6.45) is 1.37. The highest BCUT2D eigenvalue weighted by atomic mass is 35.5. The number of nitrogens with two attached hydrogens (primary N) is 1. The Kier molecular flexibility index (Phi) is 5.85. The van der Waals surface area contributed by atoms with Crippen LogP contribution in [0.5, 0.6) is 5.88 Å². The van der Waals surface area contributed by atoms with Crippen LogP contribution in [0.1, 0.15) is 36.5 Å². The van der Waals surface area contributed by atoms with Gasteiger partial charge >= 0.3 is 15.5 Å². The molecule has 28 heavy (non-hydrogen) atoms. The Morgan fingerprint density at radius 3 is 2.54 bits per heavy atom. The van der Waals surface area contributed by atoms with Crippen LogP contribution in [0.2, 0.25) is 0 Å². The van der Waals surface area contributed by atoms with Gasteiger partial charge in [0.05, 0.1) is 6.07 Å². The lowest BCUT2D eigenvalue weighted by Crippen LogP contribution is -2.66. The van der Waals surface area contributed by atoms with E-state index in [1.54, 1.807) is 6.07 Å². The summed E-state index contributed by atoms with van der Waals surface area (Å²) in [5, 5.41) is 9.41. The number of hydrogen-bond acceptors (Lipinski definition) is 6. The van der Waals surface area contributed by atoms with Crippen molar-refractivity contribution in [3.8, 4) is 11.9 Å². The molecule has 0 spiro atoms. The SMILES string of the molecule is C[C@](Cl)(COc1ncccc1C(N)=O)N(C1(C#N)CCC1)S(=O)(=O)C(F)(F)F. The van der Waals surface area contributed by atoms with Crippen LogP contribution in [0, 0.1) is 11.3 Å².